The smallest absolute Gasteiger partial charge is 0.168 e. The molecule has 0 aliphatic rings. The molecule has 0 aliphatic heterocycles. The maximum absolute atomic E-state index is 9.90. The van der Waals surface area contributed by atoms with Gasteiger partial charge in [-0.25, -0.2) is 0 Å². The predicted octanol–water partition coefficient (Wildman–Crippen LogP) is 6.27. The van der Waals surface area contributed by atoms with Crippen molar-refractivity contribution in [2.24, 2.45) is 0 Å². The Balaban J connectivity index is 1.89. The van der Waals surface area contributed by atoms with E-state index in [1.807, 2.05) is 52.0 Å². The molecular weight excluding hydrogens is 352 g/mol. The molecular formula is C24H30O4. The van der Waals surface area contributed by atoms with Gasteiger partial charge in [0.15, 0.2) is 23.0 Å². The van der Waals surface area contributed by atoms with E-state index in [4.69, 9.17) is 9.47 Å². The molecule has 0 aromatic heterocycles. The van der Waals surface area contributed by atoms with Gasteiger partial charge >= 0.3 is 0 Å². The summed E-state index contributed by atoms with van der Waals surface area (Å²) < 4.78 is 11.0. The lowest BCUT2D eigenvalue weighted by molar-refractivity contribution is 0.407. The Bertz CT molecular complexity index is 770. The van der Waals surface area contributed by atoms with Gasteiger partial charge in [0.25, 0.3) is 0 Å². The van der Waals surface area contributed by atoms with E-state index in [9.17, 15) is 10.2 Å². The van der Waals surface area contributed by atoms with Crippen LogP contribution in [0.25, 0.3) is 0 Å². The molecule has 4 heteroatoms. The number of rotatable bonds is 9. The van der Waals surface area contributed by atoms with Gasteiger partial charge in [0.2, 0.25) is 0 Å². The summed E-state index contributed by atoms with van der Waals surface area (Å²) in [6.07, 6.45) is 7.11. The number of allylic oxidation sites excluding steroid dienone is 2. The Morgan fingerprint density at radius 1 is 0.714 bits per heavy atom. The molecule has 4 nitrogen and oxygen atoms in total. The minimum absolute atomic E-state index is 0.147. The minimum atomic E-state index is 0.147. The molecule has 150 valence electrons. The molecule has 0 amide bonds. The van der Waals surface area contributed by atoms with E-state index >= 15 is 0 Å². The summed E-state index contributed by atoms with van der Waals surface area (Å²) in [5, 5.41) is 19.8. The number of benzene rings is 2. The van der Waals surface area contributed by atoms with Gasteiger partial charge in [-0.1, -0.05) is 12.1 Å². The third kappa shape index (κ3) is 7.03. The van der Waals surface area contributed by atoms with Crippen molar-refractivity contribution in [1.29, 1.82) is 0 Å². The van der Waals surface area contributed by atoms with Crippen molar-refractivity contribution in [1.82, 2.24) is 0 Å². The summed E-state index contributed by atoms with van der Waals surface area (Å²) in [4.78, 5) is 0. The van der Waals surface area contributed by atoms with Crippen LogP contribution in [0.5, 0.6) is 23.0 Å². The Morgan fingerprint density at radius 3 is 1.46 bits per heavy atom. The fourth-order valence-corrected chi connectivity index (χ4v) is 2.64. The number of unbranched alkanes of at least 4 members (excludes halogenated alkanes) is 1. The van der Waals surface area contributed by atoms with Crippen LogP contribution in [-0.4, -0.2) is 10.2 Å². The highest BCUT2D eigenvalue weighted by molar-refractivity contribution is 5.43. The Morgan fingerprint density at radius 2 is 1.11 bits per heavy atom. The van der Waals surface area contributed by atoms with E-state index in [0.717, 1.165) is 48.0 Å². The fraction of sp³-hybridized carbons (Fsp3) is 0.333. The highest BCUT2D eigenvalue weighted by Crippen LogP contribution is 2.29. The Kier molecular flexibility index (Phi) is 8.00. The normalized spacial score (nSPS) is 10.3. The maximum Gasteiger partial charge on any atom is 0.168 e. The molecule has 0 spiro atoms. The molecule has 0 atom stereocenters. The highest BCUT2D eigenvalue weighted by Gasteiger charge is 2.06. The first-order valence-corrected chi connectivity index (χ1v) is 9.59. The molecule has 28 heavy (non-hydrogen) atoms. The van der Waals surface area contributed by atoms with Gasteiger partial charge in [-0.2, -0.15) is 0 Å². The number of hydrogen-bond acceptors (Lipinski definition) is 4. The first-order chi connectivity index (χ1) is 13.3. The molecule has 0 bridgehead atoms. The molecule has 2 aromatic rings. The third-order valence-corrected chi connectivity index (χ3v) is 4.07. The topological polar surface area (TPSA) is 58.9 Å². The van der Waals surface area contributed by atoms with E-state index in [2.05, 4.69) is 0 Å². The molecule has 0 heterocycles. The number of hydrogen-bond donors (Lipinski definition) is 2. The van der Waals surface area contributed by atoms with Gasteiger partial charge in [0.1, 0.15) is 0 Å². The Hall–Kier alpha value is -2.88. The van der Waals surface area contributed by atoms with Gasteiger partial charge in [-0.05, 0) is 99.9 Å². The largest absolute Gasteiger partial charge is 0.504 e. The van der Waals surface area contributed by atoms with Gasteiger partial charge < -0.3 is 19.7 Å². The summed E-state index contributed by atoms with van der Waals surface area (Å²) in [7, 11) is 0. The number of ether oxygens (including phenoxy) is 2. The summed E-state index contributed by atoms with van der Waals surface area (Å²) >= 11 is 0. The van der Waals surface area contributed by atoms with Crippen LogP contribution in [0.2, 0.25) is 0 Å². The summed E-state index contributed by atoms with van der Waals surface area (Å²) in [6.45, 7) is 7.78. The second kappa shape index (κ2) is 10.5. The molecule has 0 saturated carbocycles. The number of phenols is 2. The monoisotopic (exact) mass is 382 g/mol. The van der Waals surface area contributed by atoms with Crippen LogP contribution >= 0.6 is 0 Å². The maximum atomic E-state index is 9.90. The van der Waals surface area contributed by atoms with Crippen LogP contribution in [0.4, 0.5) is 0 Å². The van der Waals surface area contributed by atoms with Crippen molar-refractivity contribution in [2.75, 3.05) is 0 Å². The molecule has 2 rings (SSSR count). The standard InChI is InChI=1S/C24H30O4/c1-17(2)15-27-23-13-19(9-11-21(23)25)7-5-6-8-20-10-12-22(26)24(14-20)28-16-18(3)4/h9-16,25-26H,5-8H2,1-4H3. The SMILES string of the molecule is CC(C)=COc1cc(CCCCc2ccc(O)c(OC=C(C)C)c2)ccc1O. The molecule has 0 radical (unpaired) electrons. The van der Waals surface area contributed by atoms with E-state index in [-0.39, 0.29) is 11.5 Å². The van der Waals surface area contributed by atoms with Gasteiger partial charge in [0.05, 0.1) is 12.5 Å². The summed E-state index contributed by atoms with van der Waals surface area (Å²) in [5.41, 5.74) is 4.33. The van der Waals surface area contributed by atoms with Crippen molar-refractivity contribution in [3.63, 3.8) is 0 Å². The molecule has 0 aliphatic carbocycles. The summed E-state index contributed by atoms with van der Waals surface area (Å²) in [6, 6.07) is 11.0. The van der Waals surface area contributed by atoms with Crippen LogP contribution < -0.4 is 9.47 Å². The molecule has 0 saturated heterocycles. The zero-order chi connectivity index (χ0) is 20.5. The zero-order valence-electron chi connectivity index (χ0n) is 17.2. The van der Waals surface area contributed by atoms with Crippen molar-refractivity contribution in [3.05, 3.63) is 71.2 Å². The molecule has 2 N–H and O–H groups in total. The first-order valence-electron chi connectivity index (χ1n) is 9.59. The second-order valence-corrected chi connectivity index (χ2v) is 7.44. The Labute approximate surface area is 167 Å². The molecule has 2 aromatic carbocycles. The zero-order valence-corrected chi connectivity index (χ0v) is 17.2. The quantitative estimate of drug-likeness (QED) is 0.396. The van der Waals surface area contributed by atoms with Crippen LogP contribution in [0.1, 0.15) is 51.7 Å². The van der Waals surface area contributed by atoms with E-state index in [1.165, 1.54) is 0 Å². The summed E-state index contributed by atoms with van der Waals surface area (Å²) in [5.74, 6) is 1.26. The fourth-order valence-electron chi connectivity index (χ4n) is 2.64. The van der Waals surface area contributed by atoms with Crippen molar-refractivity contribution < 1.29 is 19.7 Å². The lowest BCUT2D eigenvalue weighted by Gasteiger charge is -2.09. The van der Waals surface area contributed by atoms with Crippen molar-refractivity contribution in [3.8, 4) is 23.0 Å². The minimum Gasteiger partial charge on any atom is -0.504 e. The average Bonchev–Trinajstić information content (AvgIpc) is 2.65. The second-order valence-electron chi connectivity index (χ2n) is 7.44. The van der Waals surface area contributed by atoms with Gasteiger partial charge in [0, 0.05) is 0 Å². The third-order valence-electron chi connectivity index (χ3n) is 4.07. The molecule has 0 fully saturated rings. The van der Waals surface area contributed by atoms with E-state index < -0.39 is 0 Å². The van der Waals surface area contributed by atoms with Crippen LogP contribution in [0.15, 0.2) is 60.1 Å². The van der Waals surface area contributed by atoms with E-state index in [0.29, 0.717) is 11.5 Å². The predicted molar refractivity (Wildman–Crippen MR) is 113 cm³/mol. The number of aromatic hydroxyl groups is 2. The van der Waals surface area contributed by atoms with Crippen molar-refractivity contribution in [2.45, 2.75) is 53.4 Å². The number of aryl methyl sites for hydroxylation is 2. The number of phenolic OH excluding ortho intramolecular Hbond substituents is 2. The average molecular weight is 383 g/mol. The lowest BCUT2D eigenvalue weighted by atomic mass is 10.0. The molecule has 0 unspecified atom stereocenters. The van der Waals surface area contributed by atoms with Crippen molar-refractivity contribution >= 4 is 0 Å². The van der Waals surface area contributed by atoms with Crippen LogP contribution in [0, 0.1) is 0 Å². The highest BCUT2D eigenvalue weighted by atomic mass is 16.5. The van der Waals surface area contributed by atoms with Crippen LogP contribution in [0.3, 0.4) is 0 Å². The van der Waals surface area contributed by atoms with Crippen LogP contribution in [-0.2, 0) is 12.8 Å². The van der Waals surface area contributed by atoms with Gasteiger partial charge in [-0.15, -0.1) is 0 Å². The first kappa shape index (κ1) is 21.4. The van der Waals surface area contributed by atoms with E-state index in [1.54, 1.807) is 24.7 Å². The van der Waals surface area contributed by atoms with Gasteiger partial charge in [-0.3, -0.25) is 0 Å². The lowest BCUT2D eigenvalue weighted by Crippen LogP contribution is -1.92.